The van der Waals surface area contributed by atoms with Crippen LogP contribution in [0.3, 0.4) is 0 Å². The van der Waals surface area contributed by atoms with Crippen molar-refractivity contribution in [3.63, 3.8) is 0 Å². The molecule has 4 heterocycles. The lowest BCUT2D eigenvalue weighted by Gasteiger charge is -2.35. The van der Waals surface area contributed by atoms with Gasteiger partial charge in [-0.05, 0) is 41.8 Å². The Labute approximate surface area is 229 Å². The molecule has 0 spiro atoms. The monoisotopic (exact) mass is 527 g/mol. The molecule has 1 aromatic carbocycles. The summed E-state index contributed by atoms with van der Waals surface area (Å²) in [5.41, 5.74) is 4.87. The summed E-state index contributed by atoms with van der Waals surface area (Å²) < 4.78 is 1.91. The van der Waals surface area contributed by atoms with Crippen LogP contribution in [-0.4, -0.2) is 68.2 Å². The van der Waals surface area contributed by atoms with E-state index in [0.29, 0.717) is 23.8 Å². The zero-order valence-electron chi connectivity index (χ0n) is 22.9. The summed E-state index contributed by atoms with van der Waals surface area (Å²) >= 11 is 0. The summed E-state index contributed by atoms with van der Waals surface area (Å²) in [6.45, 7) is 13.0. The lowest BCUT2D eigenvalue weighted by atomic mass is 10.1. The Kier molecular flexibility index (Phi) is 9.17. The number of hydrogen-bond donors (Lipinski definition) is 3. The van der Waals surface area contributed by atoms with Crippen molar-refractivity contribution in [2.24, 2.45) is 0 Å². The first kappa shape index (κ1) is 27.7. The first-order chi connectivity index (χ1) is 19.0. The topological polar surface area (TPSA) is 102 Å². The number of H-pyrrole nitrogens is 1. The minimum atomic E-state index is 0.124. The molecule has 39 heavy (non-hydrogen) atoms. The van der Waals surface area contributed by atoms with Gasteiger partial charge in [-0.3, -0.25) is 4.79 Å². The predicted octanol–water partition coefficient (Wildman–Crippen LogP) is 4.70. The van der Waals surface area contributed by atoms with Crippen LogP contribution in [0.2, 0.25) is 0 Å². The van der Waals surface area contributed by atoms with Crippen molar-refractivity contribution < 1.29 is 9.90 Å². The fourth-order valence-electron chi connectivity index (χ4n) is 4.61. The highest BCUT2D eigenvalue weighted by molar-refractivity contribution is 5.86. The summed E-state index contributed by atoms with van der Waals surface area (Å²) in [7, 11) is 0. The van der Waals surface area contributed by atoms with E-state index in [4.69, 9.17) is 0 Å². The van der Waals surface area contributed by atoms with Crippen LogP contribution in [0.4, 0.5) is 11.5 Å². The highest BCUT2D eigenvalue weighted by Crippen LogP contribution is 2.22. The molecule has 0 aliphatic carbocycles. The van der Waals surface area contributed by atoms with Gasteiger partial charge in [0.2, 0.25) is 5.91 Å². The van der Waals surface area contributed by atoms with E-state index in [2.05, 4.69) is 49.9 Å². The number of amides is 1. The second-order valence-corrected chi connectivity index (χ2v) is 9.06. The van der Waals surface area contributed by atoms with E-state index in [1.165, 1.54) is 0 Å². The molecule has 1 saturated heterocycles. The van der Waals surface area contributed by atoms with Gasteiger partial charge in [0.25, 0.3) is 0 Å². The molecule has 0 saturated carbocycles. The minimum Gasteiger partial charge on any atom is -0.396 e. The van der Waals surface area contributed by atoms with Crippen LogP contribution in [0.15, 0.2) is 61.7 Å². The molecule has 204 valence electrons. The fourth-order valence-corrected chi connectivity index (χ4v) is 4.61. The average Bonchev–Trinajstić information content (AvgIpc) is 3.61. The van der Waals surface area contributed by atoms with E-state index < -0.39 is 0 Å². The SMILES string of the molecule is C=C(Nc1ccc(N2CCN(C(C)=O)CC2)cn1)c1nccn1/C=C/c1ccc2c(CCO)c[nH]c2c1.CC. The van der Waals surface area contributed by atoms with Crippen LogP contribution in [-0.2, 0) is 11.2 Å². The van der Waals surface area contributed by atoms with Crippen LogP contribution in [0, 0.1) is 0 Å². The number of piperazine rings is 1. The van der Waals surface area contributed by atoms with E-state index in [1.807, 2.05) is 66.3 Å². The molecule has 5 rings (SSSR count). The van der Waals surface area contributed by atoms with Crippen molar-refractivity contribution in [3.8, 4) is 0 Å². The minimum absolute atomic E-state index is 0.124. The number of nitrogens with one attached hydrogen (secondary N) is 2. The molecule has 0 unspecified atom stereocenters. The van der Waals surface area contributed by atoms with E-state index >= 15 is 0 Å². The van der Waals surface area contributed by atoms with Gasteiger partial charge in [0.1, 0.15) is 5.82 Å². The number of nitrogens with zero attached hydrogens (tertiary/aromatic N) is 5. The number of aliphatic hydroxyl groups excluding tert-OH is 1. The maximum absolute atomic E-state index is 11.6. The number of rotatable bonds is 8. The summed E-state index contributed by atoms with van der Waals surface area (Å²) in [6, 6.07) is 10.2. The van der Waals surface area contributed by atoms with E-state index in [-0.39, 0.29) is 12.5 Å². The molecule has 1 fully saturated rings. The number of aromatic amines is 1. The first-order valence-electron chi connectivity index (χ1n) is 13.4. The maximum atomic E-state index is 11.6. The van der Waals surface area contributed by atoms with Gasteiger partial charge in [0.05, 0.1) is 17.6 Å². The van der Waals surface area contributed by atoms with Crippen molar-refractivity contribution in [2.75, 3.05) is 43.0 Å². The number of anilines is 2. The lowest BCUT2D eigenvalue weighted by Crippen LogP contribution is -2.48. The zero-order chi connectivity index (χ0) is 27.8. The van der Waals surface area contributed by atoms with Gasteiger partial charge < -0.3 is 29.8 Å². The van der Waals surface area contributed by atoms with Gasteiger partial charge in [0.15, 0.2) is 5.82 Å². The van der Waals surface area contributed by atoms with E-state index in [9.17, 15) is 9.90 Å². The van der Waals surface area contributed by atoms with Crippen LogP contribution in [0.25, 0.3) is 28.9 Å². The number of hydrogen-bond acceptors (Lipinski definition) is 6. The van der Waals surface area contributed by atoms with Gasteiger partial charge in [-0.25, -0.2) is 9.97 Å². The molecule has 1 aliphatic rings. The maximum Gasteiger partial charge on any atom is 0.219 e. The molecule has 3 aromatic heterocycles. The van der Waals surface area contributed by atoms with Crippen molar-refractivity contribution in [3.05, 3.63) is 78.6 Å². The molecule has 1 amide bonds. The molecule has 1 aliphatic heterocycles. The quantitative estimate of drug-likeness (QED) is 0.307. The molecule has 9 nitrogen and oxygen atoms in total. The fraction of sp³-hybridized carbons (Fsp3) is 0.300. The Balaban J connectivity index is 0.00000172. The van der Waals surface area contributed by atoms with Gasteiger partial charge in [-0.2, -0.15) is 0 Å². The van der Waals surface area contributed by atoms with Crippen molar-refractivity contribution in [2.45, 2.75) is 27.2 Å². The molecular formula is C30H37N7O2. The molecular weight excluding hydrogens is 490 g/mol. The highest BCUT2D eigenvalue weighted by Gasteiger charge is 2.19. The molecule has 0 bridgehead atoms. The summed E-state index contributed by atoms with van der Waals surface area (Å²) in [5, 5.41) is 13.6. The van der Waals surface area contributed by atoms with Crippen molar-refractivity contribution >= 4 is 46.3 Å². The second kappa shape index (κ2) is 12.9. The first-order valence-corrected chi connectivity index (χ1v) is 13.4. The molecule has 4 aromatic rings. The van der Waals surface area contributed by atoms with Gasteiger partial charge >= 0.3 is 0 Å². The Morgan fingerprint density at radius 1 is 1.15 bits per heavy atom. The largest absolute Gasteiger partial charge is 0.396 e. The third-order valence-corrected chi connectivity index (χ3v) is 6.66. The lowest BCUT2D eigenvalue weighted by molar-refractivity contribution is -0.129. The third kappa shape index (κ3) is 6.56. The Morgan fingerprint density at radius 2 is 1.95 bits per heavy atom. The number of pyridine rings is 1. The molecule has 3 N–H and O–H groups in total. The van der Waals surface area contributed by atoms with Crippen LogP contribution < -0.4 is 10.2 Å². The zero-order valence-corrected chi connectivity index (χ0v) is 22.9. The number of imidazole rings is 1. The summed E-state index contributed by atoms with van der Waals surface area (Å²) in [5.74, 6) is 1.50. The van der Waals surface area contributed by atoms with Crippen LogP contribution >= 0.6 is 0 Å². The molecule has 9 heteroatoms. The summed E-state index contributed by atoms with van der Waals surface area (Å²) in [4.78, 5) is 28.0. The standard InChI is InChI=1S/C28H31N7O2.C2H6/c1-20(32-27-6-4-24(19-31-27)34-14-12-33(13-15-34)21(2)37)28-29-9-11-35(28)10-7-22-3-5-25-23(8-16-36)18-30-26(25)17-22;1-2/h3-7,9-11,17-19,30,36H,1,8,12-16H2,2H3,(H,31,32);1-2H3/b10-7+;. The number of fused-ring (bicyclic) bond motifs is 1. The van der Waals surface area contributed by atoms with Crippen molar-refractivity contribution in [1.29, 1.82) is 0 Å². The van der Waals surface area contributed by atoms with Crippen LogP contribution in [0.5, 0.6) is 0 Å². The smallest absolute Gasteiger partial charge is 0.219 e. The van der Waals surface area contributed by atoms with Gasteiger partial charge in [-0.1, -0.05) is 32.6 Å². The predicted molar refractivity (Wildman–Crippen MR) is 159 cm³/mol. The number of aromatic nitrogens is 4. The normalized spacial score (nSPS) is 13.4. The Bertz CT molecular complexity index is 1430. The Hall–Kier alpha value is -4.37. The number of benzene rings is 1. The van der Waals surface area contributed by atoms with Gasteiger partial charge in [0, 0.05) is 75.4 Å². The second-order valence-electron chi connectivity index (χ2n) is 9.06. The van der Waals surface area contributed by atoms with Crippen molar-refractivity contribution in [1.82, 2.24) is 24.4 Å². The summed E-state index contributed by atoms with van der Waals surface area (Å²) in [6.07, 6.45) is 12.0. The van der Waals surface area contributed by atoms with Gasteiger partial charge in [-0.15, -0.1) is 0 Å². The average molecular weight is 528 g/mol. The Morgan fingerprint density at radius 3 is 2.64 bits per heavy atom. The third-order valence-electron chi connectivity index (χ3n) is 6.66. The molecule has 0 radical (unpaired) electrons. The number of carbonyl (C=O) groups excluding carboxylic acids is 1. The number of carbonyl (C=O) groups is 1. The van der Waals surface area contributed by atoms with E-state index in [0.717, 1.165) is 53.9 Å². The molecule has 0 atom stereocenters. The highest BCUT2D eigenvalue weighted by atomic mass is 16.3. The van der Waals surface area contributed by atoms with E-state index in [1.54, 1.807) is 13.1 Å². The van der Waals surface area contributed by atoms with Crippen LogP contribution in [0.1, 0.15) is 37.7 Å². The number of aliphatic hydroxyl groups is 1.